The summed E-state index contributed by atoms with van der Waals surface area (Å²) in [7, 11) is 0. The molecule has 0 aromatic heterocycles. The number of hydrogen-bond donors (Lipinski definition) is 1. The largest absolute Gasteiger partial charge is 0.392 e. The van der Waals surface area contributed by atoms with Crippen molar-refractivity contribution < 1.29 is 5.11 Å². The number of rotatable bonds is 2. The Bertz CT molecular complexity index is 260. The summed E-state index contributed by atoms with van der Waals surface area (Å²) in [5.41, 5.74) is 0.846. The molecule has 0 saturated heterocycles. The Labute approximate surface area is 81.9 Å². The summed E-state index contributed by atoms with van der Waals surface area (Å²) in [5.74, 6) is 0. The highest BCUT2D eigenvalue weighted by Gasteiger charge is 2.13. The van der Waals surface area contributed by atoms with Crippen LogP contribution in [0.1, 0.15) is 17.9 Å². The van der Waals surface area contributed by atoms with Gasteiger partial charge < -0.3 is 5.11 Å². The van der Waals surface area contributed by atoms with Gasteiger partial charge in [0.25, 0.3) is 0 Å². The smallest absolute Gasteiger partial charge is 0.0842 e. The van der Waals surface area contributed by atoms with Gasteiger partial charge in [-0.05, 0) is 24.6 Å². The van der Waals surface area contributed by atoms with Gasteiger partial charge >= 0.3 is 0 Å². The Morgan fingerprint density at radius 2 is 2.08 bits per heavy atom. The first-order chi connectivity index (χ1) is 5.61. The predicted molar refractivity (Wildman–Crippen MR) is 51.7 cm³/mol. The van der Waals surface area contributed by atoms with Crippen molar-refractivity contribution in [1.82, 2.24) is 0 Å². The quantitative estimate of drug-likeness (QED) is 0.735. The second-order valence-electron chi connectivity index (χ2n) is 2.70. The van der Waals surface area contributed by atoms with Crippen LogP contribution in [0.4, 0.5) is 0 Å². The van der Waals surface area contributed by atoms with Crippen molar-refractivity contribution in [3.05, 3.63) is 34.9 Å². The highest BCUT2D eigenvalue weighted by Crippen LogP contribution is 2.25. The molecule has 0 aliphatic heterocycles. The molecule has 66 valence electrons. The Balaban J connectivity index is 2.88. The molecule has 0 fully saturated rings. The van der Waals surface area contributed by atoms with Crippen LogP contribution in [-0.4, -0.2) is 11.2 Å². The fourth-order valence-electron chi connectivity index (χ4n) is 0.957. The standard InChI is InChI=1S/C9H10Cl2O/c1-6(12)9(11)7-3-2-4-8(10)5-7/h2-6,9,12H,1H3. The minimum Gasteiger partial charge on any atom is -0.392 e. The van der Waals surface area contributed by atoms with Crippen molar-refractivity contribution in [3.63, 3.8) is 0 Å². The third-order valence-electron chi connectivity index (χ3n) is 1.59. The number of benzene rings is 1. The maximum atomic E-state index is 9.19. The molecule has 0 radical (unpaired) electrons. The zero-order valence-corrected chi connectivity index (χ0v) is 8.18. The van der Waals surface area contributed by atoms with Crippen LogP contribution in [0.3, 0.4) is 0 Å². The highest BCUT2D eigenvalue weighted by atomic mass is 35.5. The van der Waals surface area contributed by atoms with Crippen LogP contribution >= 0.6 is 23.2 Å². The van der Waals surface area contributed by atoms with E-state index in [0.717, 1.165) is 5.56 Å². The van der Waals surface area contributed by atoms with Gasteiger partial charge in [-0.1, -0.05) is 23.7 Å². The number of aliphatic hydroxyl groups excluding tert-OH is 1. The maximum absolute atomic E-state index is 9.19. The topological polar surface area (TPSA) is 20.2 Å². The van der Waals surface area contributed by atoms with Crippen molar-refractivity contribution in [2.24, 2.45) is 0 Å². The fraction of sp³-hybridized carbons (Fsp3) is 0.333. The van der Waals surface area contributed by atoms with E-state index in [1.54, 1.807) is 19.1 Å². The van der Waals surface area contributed by atoms with Crippen LogP contribution in [0.25, 0.3) is 0 Å². The van der Waals surface area contributed by atoms with Gasteiger partial charge in [0.15, 0.2) is 0 Å². The minimum atomic E-state index is -0.565. The molecule has 2 unspecified atom stereocenters. The second-order valence-corrected chi connectivity index (χ2v) is 3.60. The molecule has 2 atom stereocenters. The van der Waals surface area contributed by atoms with E-state index >= 15 is 0 Å². The van der Waals surface area contributed by atoms with Gasteiger partial charge in [0.05, 0.1) is 11.5 Å². The molecular formula is C9H10Cl2O. The van der Waals surface area contributed by atoms with Gasteiger partial charge in [-0.3, -0.25) is 0 Å². The first kappa shape index (κ1) is 9.85. The normalized spacial score (nSPS) is 15.7. The molecule has 3 heteroatoms. The summed E-state index contributed by atoms with van der Waals surface area (Å²) in [6.07, 6.45) is -0.565. The maximum Gasteiger partial charge on any atom is 0.0842 e. The molecule has 12 heavy (non-hydrogen) atoms. The van der Waals surface area contributed by atoms with Gasteiger partial charge in [-0.15, -0.1) is 11.6 Å². The first-order valence-electron chi connectivity index (χ1n) is 3.69. The van der Waals surface area contributed by atoms with Gasteiger partial charge in [0.2, 0.25) is 0 Å². The summed E-state index contributed by atoms with van der Waals surface area (Å²) in [4.78, 5) is 0. The molecular weight excluding hydrogens is 195 g/mol. The third-order valence-corrected chi connectivity index (χ3v) is 2.44. The molecule has 1 rings (SSSR count). The van der Waals surface area contributed by atoms with E-state index in [1.807, 2.05) is 12.1 Å². The molecule has 1 nitrogen and oxygen atoms in total. The monoisotopic (exact) mass is 204 g/mol. The molecule has 1 N–H and O–H groups in total. The average molecular weight is 205 g/mol. The van der Waals surface area contributed by atoms with Gasteiger partial charge in [-0.25, -0.2) is 0 Å². The average Bonchev–Trinajstić information content (AvgIpc) is 2.03. The molecule has 0 amide bonds. The van der Waals surface area contributed by atoms with Crippen molar-refractivity contribution in [3.8, 4) is 0 Å². The van der Waals surface area contributed by atoms with Gasteiger partial charge in [0.1, 0.15) is 0 Å². The Hall–Kier alpha value is -0.240. The second kappa shape index (κ2) is 4.13. The highest BCUT2D eigenvalue weighted by molar-refractivity contribution is 6.30. The Morgan fingerprint density at radius 1 is 1.42 bits per heavy atom. The van der Waals surface area contributed by atoms with Crippen molar-refractivity contribution in [2.75, 3.05) is 0 Å². The first-order valence-corrected chi connectivity index (χ1v) is 4.50. The zero-order valence-electron chi connectivity index (χ0n) is 6.67. The lowest BCUT2D eigenvalue weighted by molar-refractivity contribution is 0.190. The van der Waals surface area contributed by atoms with Crippen molar-refractivity contribution in [2.45, 2.75) is 18.4 Å². The lowest BCUT2D eigenvalue weighted by Crippen LogP contribution is -2.08. The fourth-order valence-corrected chi connectivity index (χ4v) is 1.29. The Morgan fingerprint density at radius 3 is 2.58 bits per heavy atom. The molecule has 0 spiro atoms. The van der Waals surface area contributed by atoms with Crippen LogP contribution in [-0.2, 0) is 0 Å². The van der Waals surface area contributed by atoms with Crippen LogP contribution < -0.4 is 0 Å². The summed E-state index contributed by atoms with van der Waals surface area (Å²) in [6, 6.07) is 7.19. The third kappa shape index (κ3) is 2.37. The van der Waals surface area contributed by atoms with E-state index in [4.69, 9.17) is 23.2 Å². The molecule has 0 bridgehead atoms. The summed E-state index contributed by atoms with van der Waals surface area (Å²) in [5, 5.41) is 9.44. The van der Waals surface area contributed by atoms with Crippen LogP contribution in [0.15, 0.2) is 24.3 Å². The number of hydrogen-bond acceptors (Lipinski definition) is 1. The van der Waals surface area contributed by atoms with Gasteiger partial charge in [0, 0.05) is 5.02 Å². The molecule has 1 aromatic rings. The lowest BCUT2D eigenvalue weighted by Gasteiger charge is -2.12. The van der Waals surface area contributed by atoms with Crippen molar-refractivity contribution >= 4 is 23.2 Å². The molecule has 0 aliphatic rings. The summed E-state index contributed by atoms with van der Waals surface area (Å²) in [6.45, 7) is 1.65. The molecule has 0 heterocycles. The Kier molecular flexibility index (Phi) is 3.39. The van der Waals surface area contributed by atoms with E-state index in [1.165, 1.54) is 0 Å². The predicted octanol–water partition coefficient (Wildman–Crippen LogP) is 3.00. The number of alkyl halides is 1. The van der Waals surface area contributed by atoms with E-state index in [2.05, 4.69) is 0 Å². The summed E-state index contributed by atoms with van der Waals surface area (Å²) < 4.78 is 0. The van der Waals surface area contributed by atoms with E-state index in [9.17, 15) is 5.11 Å². The van der Waals surface area contributed by atoms with Gasteiger partial charge in [-0.2, -0.15) is 0 Å². The lowest BCUT2D eigenvalue weighted by atomic mass is 10.1. The minimum absolute atomic E-state index is 0.385. The zero-order chi connectivity index (χ0) is 9.14. The van der Waals surface area contributed by atoms with E-state index < -0.39 is 6.10 Å². The van der Waals surface area contributed by atoms with Crippen LogP contribution in [0.2, 0.25) is 5.02 Å². The summed E-state index contributed by atoms with van der Waals surface area (Å²) >= 11 is 11.7. The van der Waals surface area contributed by atoms with Crippen molar-refractivity contribution in [1.29, 1.82) is 0 Å². The molecule has 1 aromatic carbocycles. The van der Waals surface area contributed by atoms with Crippen LogP contribution in [0.5, 0.6) is 0 Å². The SMILES string of the molecule is CC(O)C(Cl)c1cccc(Cl)c1. The number of halogens is 2. The van der Waals surface area contributed by atoms with E-state index in [0.29, 0.717) is 5.02 Å². The molecule has 0 saturated carbocycles. The number of aliphatic hydroxyl groups is 1. The van der Waals surface area contributed by atoms with E-state index in [-0.39, 0.29) is 5.38 Å². The van der Waals surface area contributed by atoms with Crippen LogP contribution in [0, 0.1) is 0 Å². The molecule has 0 aliphatic carbocycles.